The third kappa shape index (κ3) is 3.05. The molecule has 1 aromatic rings. The fourth-order valence-corrected chi connectivity index (χ4v) is 3.37. The van der Waals surface area contributed by atoms with Crippen molar-refractivity contribution in [1.82, 2.24) is 10.2 Å². The van der Waals surface area contributed by atoms with Crippen molar-refractivity contribution in [2.45, 2.75) is 31.2 Å². The molecule has 26 heavy (non-hydrogen) atoms. The first kappa shape index (κ1) is 17.6. The van der Waals surface area contributed by atoms with Crippen molar-refractivity contribution in [2.24, 2.45) is 0 Å². The van der Waals surface area contributed by atoms with Crippen molar-refractivity contribution in [3.8, 4) is 5.75 Å². The molecule has 0 bridgehead atoms. The molecule has 10 nitrogen and oxygen atoms in total. The number of imide groups is 1. The second kappa shape index (κ2) is 6.62. The largest absolute Gasteiger partial charge is 0.496 e. The van der Waals surface area contributed by atoms with Gasteiger partial charge in [-0.25, -0.2) is 4.79 Å². The lowest BCUT2D eigenvalue weighted by molar-refractivity contribution is -0.384. The van der Waals surface area contributed by atoms with Crippen LogP contribution in [0.4, 0.5) is 16.2 Å². The molecule has 1 heterocycles. The van der Waals surface area contributed by atoms with Gasteiger partial charge in [0.15, 0.2) is 0 Å². The molecule has 0 aromatic heterocycles. The molecule has 0 radical (unpaired) electrons. The van der Waals surface area contributed by atoms with Gasteiger partial charge in [-0.2, -0.15) is 0 Å². The average Bonchev–Trinajstić information content (AvgIpc) is 3.16. The van der Waals surface area contributed by atoms with E-state index >= 15 is 0 Å². The summed E-state index contributed by atoms with van der Waals surface area (Å²) in [6.45, 7) is -0.504. The van der Waals surface area contributed by atoms with Crippen molar-refractivity contribution in [2.75, 3.05) is 19.0 Å². The van der Waals surface area contributed by atoms with Gasteiger partial charge in [0.2, 0.25) is 5.91 Å². The summed E-state index contributed by atoms with van der Waals surface area (Å²) in [6, 6.07) is 3.36. The van der Waals surface area contributed by atoms with Crippen LogP contribution in [0.1, 0.15) is 25.7 Å². The number of benzene rings is 1. The van der Waals surface area contributed by atoms with E-state index in [-0.39, 0.29) is 17.1 Å². The number of nitrogens with zero attached hydrogens (tertiary/aromatic N) is 2. The summed E-state index contributed by atoms with van der Waals surface area (Å²) in [6.07, 6.45) is 2.79. The Labute approximate surface area is 148 Å². The van der Waals surface area contributed by atoms with Crippen LogP contribution in [0.2, 0.25) is 0 Å². The standard InChI is InChI=1S/C16H18N4O6/c1-26-10-4-5-11(12(8-10)20(24)25)17-13(21)9-19-14(22)16(18-15(19)23)6-2-3-7-16/h4-5,8H,2-3,6-7,9H2,1H3,(H,17,21)(H,18,23). The van der Waals surface area contributed by atoms with Gasteiger partial charge < -0.3 is 15.4 Å². The zero-order valence-corrected chi connectivity index (χ0v) is 14.1. The first-order chi connectivity index (χ1) is 12.4. The number of nitro groups is 1. The Morgan fingerprint density at radius 1 is 1.38 bits per heavy atom. The summed E-state index contributed by atoms with van der Waals surface area (Å²) >= 11 is 0. The number of carbonyl (C=O) groups is 3. The Morgan fingerprint density at radius 2 is 2.08 bits per heavy atom. The van der Waals surface area contributed by atoms with Gasteiger partial charge in [0.25, 0.3) is 11.6 Å². The van der Waals surface area contributed by atoms with Crippen LogP contribution in [0.5, 0.6) is 5.75 Å². The Hall–Kier alpha value is -3.17. The number of rotatable bonds is 5. The quantitative estimate of drug-likeness (QED) is 0.462. The van der Waals surface area contributed by atoms with Crippen molar-refractivity contribution in [3.05, 3.63) is 28.3 Å². The minimum atomic E-state index is -0.899. The van der Waals surface area contributed by atoms with Gasteiger partial charge >= 0.3 is 6.03 Å². The van der Waals surface area contributed by atoms with Crippen LogP contribution in [-0.2, 0) is 9.59 Å². The number of ether oxygens (including phenoxy) is 1. The molecule has 1 saturated heterocycles. The van der Waals surface area contributed by atoms with Crippen molar-refractivity contribution in [3.63, 3.8) is 0 Å². The number of anilines is 1. The Bertz CT molecular complexity index is 787. The minimum absolute atomic E-state index is 0.0385. The van der Waals surface area contributed by atoms with Gasteiger partial charge in [-0.1, -0.05) is 12.8 Å². The van der Waals surface area contributed by atoms with Crippen LogP contribution in [0.15, 0.2) is 18.2 Å². The van der Waals surface area contributed by atoms with Gasteiger partial charge in [-0.3, -0.25) is 24.6 Å². The van der Waals surface area contributed by atoms with Gasteiger partial charge in [0, 0.05) is 0 Å². The highest BCUT2D eigenvalue weighted by Crippen LogP contribution is 2.35. The molecular weight excluding hydrogens is 344 g/mol. The number of hydrogen-bond acceptors (Lipinski definition) is 6. The van der Waals surface area contributed by atoms with E-state index in [1.54, 1.807) is 0 Å². The third-order valence-corrected chi connectivity index (χ3v) is 4.68. The van der Waals surface area contributed by atoms with Gasteiger partial charge in [0.1, 0.15) is 23.5 Å². The fourth-order valence-electron chi connectivity index (χ4n) is 3.37. The van der Waals surface area contributed by atoms with Crippen LogP contribution in [-0.4, -0.2) is 46.9 Å². The summed E-state index contributed by atoms with van der Waals surface area (Å²) in [5.74, 6) is -0.844. The molecule has 0 atom stereocenters. The molecule has 1 saturated carbocycles. The van der Waals surface area contributed by atoms with Crippen molar-refractivity contribution in [1.29, 1.82) is 0 Å². The minimum Gasteiger partial charge on any atom is -0.496 e. The third-order valence-electron chi connectivity index (χ3n) is 4.68. The molecule has 4 amide bonds. The lowest BCUT2D eigenvalue weighted by Crippen LogP contribution is -2.44. The Balaban J connectivity index is 1.72. The Kier molecular flexibility index (Phi) is 4.49. The molecule has 3 rings (SSSR count). The van der Waals surface area contributed by atoms with Crippen LogP contribution in [0.25, 0.3) is 0 Å². The SMILES string of the molecule is COc1ccc(NC(=O)CN2C(=O)NC3(CCCC3)C2=O)c([N+](=O)[O-])c1. The zero-order valence-electron chi connectivity index (χ0n) is 14.1. The lowest BCUT2D eigenvalue weighted by Gasteiger charge is -2.19. The number of nitro benzene ring substituents is 1. The fraction of sp³-hybridized carbons (Fsp3) is 0.438. The number of urea groups is 1. The average molecular weight is 362 g/mol. The molecule has 138 valence electrons. The summed E-state index contributed by atoms with van der Waals surface area (Å²) in [4.78, 5) is 48.2. The van der Waals surface area contributed by atoms with Crippen LogP contribution in [0.3, 0.4) is 0 Å². The van der Waals surface area contributed by atoms with Crippen LogP contribution in [0, 0.1) is 10.1 Å². The van der Waals surface area contributed by atoms with E-state index in [1.165, 1.54) is 25.3 Å². The summed E-state index contributed by atoms with van der Waals surface area (Å²) in [5, 5.41) is 16.2. The first-order valence-corrected chi connectivity index (χ1v) is 8.13. The zero-order chi connectivity index (χ0) is 18.9. The van der Waals surface area contributed by atoms with Gasteiger partial charge in [-0.05, 0) is 25.0 Å². The molecule has 2 fully saturated rings. The van der Waals surface area contributed by atoms with E-state index in [1.807, 2.05) is 0 Å². The van der Waals surface area contributed by atoms with Crippen molar-refractivity contribution >= 4 is 29.2 Å². The van der Waals surface area contributed by atoms with Crippen LogP contribution >= 0.6 is 0 Å². The number of carbonyl (C=O) groups excluding carboxylic acids is 3. The molecule has 2 N–H and O–H groups in total. The van der Waals surface area contributed by atoms with E-state index in [0.717, 1.165) is 17.7 Å². The van der Waals surface area contributed by atoms with Gasteiger partial charge in [0.05, 0.1) is 18.1 Å². The van der Waals surface area contributed by atoms with Gasteiger partial charge in [-0.15, -0.1) is 0 Å². The number of methoxy groups -OCH3 is 1. The monoisotopic (exact) mass is 362 g/mol. The maximum absolute atomic E-state index is 12.5. The molecular formula is C16H18N4O6. The smallest absolute Gasteiger partial charge is 0.325 e. The normalized spacial score (nSPS) is 18.1. The molecule has 0 unspecified atom stereocenters. The molecule has 2 aliphatic rings. The first-order valence-electron chi connectivity index (χ1n) is 8.13. The van der Waals surface area contributed by atoms with E-state index in [2.05, 4.69) is 10.6 Å². The Morgan fingerprint density at radius 3 is 2.69 bits per heavy atom. The number of amides is 4. The summed E-state index contributed by atoms with van der Waals surface area (Å²) < 4.78 is 4.93. The topological polar surface area (TPSA) is 131 Å². The van der Waals surface area contributed by atoms with Crippen LogP contribution < -0.4 is 15.4 Å². The molecule has 1 aliphatic heterocycles. The van der Waals surface area contributed by atoms with Crippen molar-refractivity contribution < 1.29 is 24.0 Å². The van der Waals surface area contributed by atoms with E-state index in [0.29, 0.717) is 12.8 Å². The van der Waals surface area contributed by atoms with E-state index < -0.39 is 34.9 Å². The molecule has 1 aromatic carbocycles. The summed E-state index contributed by atoms with van der Waals surface area (Å²) in [7, 11) is 1.37. The highest BCUT2D eigenvalue weighted by molar-refractivity contribution is 6.10. The maximum atomic E-state index is 12.5. The second-order valence-electron chi connectivity index (χ2n) is 6.30. The molecule has 1 aliphatic carbocycles. The summed E-state index contributed by atoms with van der Waals surface area (Å²) in [5.41, 5.74) is -1.28. The van der Waals surface area contributed by atoms with E-state index in [4.69, 9.17) is 4.74 Å². The number of nitrogens with one attached hydrogen (secondary N) is 2. The predicted octanol–water partition coefficient (Wildman–Crippen LogP) is 1.41. The predicted molar refractivity (Wildman–Crippen MR) is 89.7 cm³/mol. The maximum Gasteiger partial charge on any atom is 0.325 e. The highest BCUT2D eigenvalue weighted by atomic mass is 16.6. The highest BCUT2D eigenvalue weighted by Gasteiger charge is 2.52. The molecule has 1 spiro atoms. The molecule has 10 heteroatoms. The van der Waals surface area contributed by atoms with E-state index in [9.17, 15) is 24.5 Å². The lowest BCUT2D eigenvalue weighted by atomic mass is 9.98. The number of hydrogen-bond donors (Lipinski definition) is 2. The second-order valence-corrected chi connectivity index (χ2v) is 6.30.